The number of nitrogens with two attached hydrogens (primary N) is 1. The molecule has 1 aromatic heterocycles. The van der Waals surface area contributed by atoms with Crippen molar-refractivity contribution in [1.82, 2.24) is 10.2 Å². The van der Waals surface area contributed by atoms with Crippen molar-refractivity contribution in [2.45, 2.75) is 6.42 Å². The van der Waals surface area contributed by atoms with E-state index < -0.39 is 5.91 Å². The quantitative estimate of drug-likeness (QED) is 0.834. The van der Waals surface area contributed by atoms with E-state index in [-0.39, 0.29) is 17.6 Å². The second-order valence-electron chi connectivity index (χ2n) is 3.17. The number of hydrogen-bond acceptors (Lipinski definition) is 4. The molecule has 16 heavy (non-hydrogen) atoms. The van der Waals surface area contributed by atoms with Crippen LogP contribution in [0.1, 0.15) is 22.1 Å². The predicted octanol–water partition coefficient (Wildman–Crippen LogP) is 0.898. The lowest BCUT2D eigenvalue weighted by atomic mass is 10.1. The number of halogens is 1. The first-order valence-corrected chi connectivity index (χ1v) is 4.52. The van der Waals surface area contributed by atoms with E-state index in [0.717, 1.165) is 5.56 Å². The number of carbonyl (C=O) groups is 1. The molecule has 0 fully saturated rings. The number of hydrogen-bond donors (Lipinski definition) is 1. The molecule has 0 saturated heterocycles. The van der Waals surface area contributed by atoms with Crippen LogP contribution in [0, 0.1) is 5.82 Å². The van der Waals surface area contributed by atoms with Gasteiger partial charge in [0.25, 0.3) is 0 Å². The Hall–Kier alpha value is -2.24. The van der Waals surface area contributed by atoms with Crippen molar-refractivity contribution >= 4 is 5.91 Å². The highest BCUT2D eigenvalue weighted by Crippen LogP contribution is 2.09. The smallest absolute Gasteiger partial charge is 0.306 e. The molecule has 0 spiro atoms. The molecule has 5 nitrogen and oxygen atoms in total. The van der Waals surface area contributed by atoms with Gasteiger partial charge in [0, 0.05) is 0 Å². The van der Waals surface area contributed by atoms with E-state index in [9.17, 15) is 9.18 Å². The SMILES string of the molecule is NC(=O)c1nnc(Cc2ccc(F)cc2)o1. The minimum Gasteiger partial charge on any atom is -0.417 e. The van der Waals surface area contributed by atoms with E-state index in [1.807, 2.05) is 0 Å². The lowest BCUT2D eigenvalue weighted by Gasteiger charge is -1.95. The minimum absolute atomic E-state index is 0.225. The van der Waals surface area contributed by atoms with Gasteiger partial charge in [-0.05, 0) is 17.7 Å². The van der Waals surface area contributed by atoms with Crippen molar-refractivity contribution in [3.8, 4) is 0 Å². The van der Waals surface area contributed by atoms with Crippen LogP contribution in [0.15, 0.2) is 28.7 Å². The van der Waals surface area contributed by atoms with Gasteiger partial charge in [0.05, 0.1) is 6.42 Å². The molecular formula is C10H8FN3O2. The molecule has 2 aromatic rings. The van der Waals surface area contributed by atoms with Crippen molar-refractivity contribution < 1.29 is 13.6 Å². The Kier molecular flexibility index (Phi) is 2.63. The van der Waals surface area contributed by atoms with Crippen LogP contribution in [0.25, 0.3) is 0 Å². The third-order valence-corrected chi connectivity index (χ3v) is 1.95. The molecule has 0 radical (unpaired) electrons. The molecule has 0 aliphatic heterocycles. The highest BCUT2D eigenvalue weighted by molar-refractivity contribution is 5.87. The third kappa shape index (κ3) is 2.22. The van der Waals surface area contributed by atoms with Gasteiger partial charge in [0.15, 0.2) is 0 Å². The maximum absolute atomic E-state index is 12.6. The lowest BCUT2D eigenvalue weighted by Crippen LogP contribution is -2.11. The van der Waals surface area contributed by atoms with Crippen molar-refractivity contribution in [3.05, 3.63) is 47.4 Å². The highest BCUT2D eigenvalue weighted by Gasteiger charge is 2.11. The molecule has 0 aliphatic carbocycles. The van der Waals surface area contributed by atoms with Crippen LogP contribution in [-0.2, 0) is 6.42 Å². The van der Waals surface area contributed by atoms with Gasteiger partial charge in [-0.1, -0.05) is 12.1 Å². The molecular weight excluding hydrogens is 213 g/mol. The molecule has 1 amide bonds. The average Bonchev–Trinajstić information content (AvgIpc) is 2.70. The molecule has 0 saturated carbocycles. The summed E-state index contributed by atoms with van der Waals surface area (Å²) in [6.45, 7) is 0. The Balaban J connectivity index is 2.14. The summed E-state index contributed by atoms with van der Waals surface area (Å²) in [5.74, 6) is -1.04. The Morgan fingerprint density at radius 2 is 2.00 bits per heavy atom. The minimum atomic E-state index is -0.766. The molecule has 0 aliphatic rings. The number of amides is 1. The Bertz CT molecular complexity index is 507. The number of benzene rings is 1. The lowest BCUT2D eigenvalue weighted by molar-refractivity contribution is 0.0965. The van der Waals surface area contributed by atoms with E-state index in [2.05, 4.69) is 10.2 Å². The molecule has 0 bridgehead atoms. The zero-order valence-electron chi connectivity index (χ0n) is 8.18. The number of nitrogens with zero attached hydrogens (tertiary/aromatic N) is 2. The van der Waals surface area contributed by atoms with E-state index in [0.29, 0.717) is 6.42 Å². The maximum atomic E-state index is 12.6. The van der Waals surface area contributed by atoms with E-state index in [1.165, 1.54) is 12.1 Å². The van der Waals surface area contributed by atoms with Gasteiger partial charge >= 0.3 is 11.8 Å². The molecule has 1 heterocycles. The van der Waals surface area contributed by atoms with Crippen LogP contribution in [0.5, 0.6) is 0 Å². The van der Waals surface area contributed by atoms with Crippen molar-refractivity contribution in [3.63, 3.8) is 0 Å². The van der Waals surface area contributed by atoms with Gasteiger partial charge in [0.1, 0.15) is 5.82 Å². The van der Waals surface area contributed by atoms with Crippen LogP contribution >= 0.6 is 0 Å². The summed E-state index contributed by atoms with van der Waals surface area (Å²) >= 11 is 0. The Morgan fingerprint density at radius 1 is 1.31 bits per heavy atom. The van der Waals surface area contributed by atoms with Gasteiger partial charge in [-0.3, -0.25) is 4.79 Å². The topological polar surface area (TPSA) is 82.0 Å². The molecule has 0 unspecified atom stereocenters. The summed E-state index contributed by atoms with van der Waals surface area (Å²) in [4.78, 5) is 10.7. The fourth-order valence-corrected chi connectivity index (χ4v) is 1.20. The van der Waals surface area contributed by atoms with Gasteiger partial charge in [-0.2, -0.15) is 0 Å². The number of rotatable bonds is 3. The zero-order valence-corrected chi connectivity index (χ0v) is 8.18. The second kappa shape index (κ2) is 4.09. The number of carbonyl (C=O) groups excluding carboxylic acids is 1. The molecule has 1 aromatic carbocycles. The maximum Gasteiger partial charge on any atom is 0.306 e. The van der Waals surface area contributed by atoms with Crippen molar-refractivity contribution in [1.29, 1.82) is 0 Å². The molecule has 2 rings (SSSR count). The number of primary amides is 1. The van der Waals surface area contributed by atoms with Gasteiger partial charge in [-0.15, -0.1) is 10.2 Å². The predicted molar refractivity (Wildman–Crippen MR) is 52.0 cm³/mol. The van der Waals surface area contributed by atoms with E-state index in [4.69, 9.17) is 10.2 Å². The molecule has 6 heteroatoms. The van der Waals surface area contributed by atoms with Gasteiger partial charge < -0.3 is 10.2 Å². The Morgan fingerprint density at radius 3 is 2.56 bits per heavy atom. The zero-order chi connectivity index (χ0) is 11.5. The first-order valence-electron chi connectivity index (χ1n) is 4.52. The fraction of sp³-hybridized carbons (Fsp3) is 0.100. The number of aromatic nitrogens is 2. The summed E-state index contributed by atoms with van der Waals surface area (Å²) in [5.41, 5.74) is 5.76. The first kappa shape index (κ1) is 10.3. The summed E-state index contributed by atoms with van der Waals surface area (Å²) in [5, 5.41) is 7.11. The molecule has 2 N–H and O–H groups in total. The second-order valence-corrected chi connectivity index (χ2v) is 3.17. The standard InChI is InChI=1S/C10H8FN3O2/c11-7-3-1-6(2-4-7)5-8-13-14-10(16-8)9(12)15/h1-4H,5H2,(H2,12,15). The monoisotopic (exact) mass is 221 g/mol. The summed E-state index contributed by atoms with van der Waals surface area (Å²) in [6, 6.07) is 5.87. The molecule has 82 valence electrons. The van der Waals surface area contributed by atoms with Crippen LogP contribution in [0.4, 0.5) is 4.39 Å². The van der Waals surface area contributed by atoms with Gasteiger partial charge in [0.2, 0.25) is 5.89 Å². The van der Waals surface area contributed by atoms with E-state index >= 15 is 0 Å². The average molecular weight is 221 g/mol. The van der Waals surface area contributed by atoms with Crippen LogP contribution in [0.2, 0.25) is 0 Å². The first-order chi connectivity index (χ1) is 7.65. The summed E-state index contributed by atoms with van der Waals surface area (Å²) in [6.07, 6.45) is 0.334. The highest BCUT2D eigenvalue weighted by atomic mass is 19.1. The largest absolute Gasteiger partial charge is 0.417 e. The van der Waals surface area contributed by atoms with Crippen LogP contribution in [0.3, 0.4) is 0 Å². The van der Waals surface area contributed by atoms with Gasteiger partial charge in [-0.25, -0.2) is 4.39 Å². The summed E-state index contributed by atoms with van der Waals surface area (Å²) < 4.78 is 17.6. The summed E-state index contributed by atoms with van der Waals surface area (Å²) in [7, 11) is 0. The van der Waals surface area contributed by atoms with E-state index in [1.54, 1.807) is 12.1 Å². The normalized spacial score (nSPS) is 10.3. The van der Waals surface area contributed by atoms with Crippen molar-refractivity contribution in [2.24, 2.45) is 5.73 Å². The third-order valence-electron chi connectivity index (χ3n) is 1.95. The Labute approximate surface area is 90.1 Å². The van der Waals surface area contributed by atoms with Crippen molar-refractivity contribution in [2.75, 3.05) is 0 Å². The molecule has 0 atom stereocenters. The fourth-order valence-electron chi connectivity index (χ4n) is 1.20. The van der Waals surface area contributed by atoms with Crippen LogP contribution < -0.4 is 5.73 Å². The van der Waals surface area contributed by atoms with Crippen LogP contribution in [-0.4, -0.2) is 16.1 Å².